The molecule has 126 valence electrons. The third-order valence-electron chi connectivity index (χ3n) is 3.83. The second kappa shape index (κ2) is 7.49. The van der Waals surface area contributed by atoms with E-state index in [1.54, 1.807) is 11.3 Å². The molecule has 24 heavy (non-hydrogen) atoms. The maximum absolute atomic E-state index is 4.69. The molecule has 1 aromatic carbocycles. The van der Waals surface area contributed by atoms with E-state index in [0.29, 0.717) is 13.1 Å². The van der Waals surface area contributed by atoms with Crippen LogP contribution in [0, 0.1) is 13.8 Å². The second-order valence-corrected chi connectivity index (χ2v) is 6.68. The summed E-state index contributed by atoms with van der Waals surface area (Å²) in [4.78, 5) is 10.3. The van der Waals surface area contributed by atoms with E-state index in [-0.39, 0.29) is 0 Å². The Kier molecular flexibility index (Phi) is 5.15. The summed E-state index contributed by atoms with van der Waals surface area (Å²) in [5.74, 6) is 0.814. The number of aromatic nitrogens is 2. The molecule has 6 heteroatoms. The summed E-state index contributed by atoms with van der Waals surface area (Å²) in [6.07, 6.45) is 4.07. The molecule has 2 heterocycles. The molecule has 0 atom stereocenters. The lowest BCUT2D eigenvalue weighted by atomic mass is 10.1. The van der Waals surface area contributed by atoms with Gasteiger partial charge in [0, 0.05) is 24.3 Å². The maximum atomic E-state index is 4.69. The molecule has 0 aliphatic carbocycles. The normalized spacial score (nSPS) is 11.9. The number of hydrogen-bond acceptors (Lipinski definition) is 3. The number of aryl methyl sites for hydroxylation is 2. The largest absolute Gasteiger partial charge is 0.357 e. The zero-order valence-electron chi connectivity index (χ0n) is 14.3. The Morgan fingerprint density at radius 3 is 2.92 bits per heavy atom. The predicted molar refractivity (Wildman–Crippen MR) is 101 cm³/mol. The lowest BCUT2D eigenvalue weighted by molar-refractivity contribution is 0.803. The fourth-order valence-electron chi connectivity index (χ4n) is 2.56. The van der Waals surface area contributed by atoms with Crippen LogP contribution in [0.25, 0.3) is 4.96 Å². The van der Waals surface area contributed by atoms with Gasteiger partial charge in [0.15, 0.2) is 10.9 Å². The van der Waals surface area contributed by atoms with Gasteiger partial charge in [-0.2, -0.15) is 0 Å². The van der Waals surface area contributed by atoms with Gasteiger partial charge in [0.1, 0.15) is 0 Å². The van der Waals surface area contributed by atoms with Crippen LogP contribution in [0.15, 0.2) is 41.0 Å². The molecular formula is C18H23N5S. The quantitative estimate of drug-likeness (QED) is 0.553. The first-order valence-electron chi connectivity index (χ1n) is 8.15. The predicted octanol–water partition coefficient (Wildman–Crippen LogP) is 3.27. The monoisotopic (exact) mass is 341 g/mol. The van der Waals surface area contributed by atoms with Crippen LogP contribution in [0.3, 0.4) is 0 Å². The Bertz CT molecular complexity index is 818. The van der Waals surface area contributed by atoms with Crippen molar-refractivity contribution in [2.75, 3.05) is 6.54 Å². The van der Waals surface area contributed by atoms with Crippen molar-refractivity contribution in [3.8, 4) is 0 Å². The average molecular weight is 341 g/mol. The number of nitrogens with one attached hydrogen (secondary N) is 2. The first-order valence-corrected chi connectivity index (χ1v) is 9.03. The molecule has 0 radical (unpaired) electrons. The zero-order chi connectivity index (χ0) is 16.9. The Morgan fingerprint density at radius 2 is 2.17 bits per heavy atom. The number of guanidine groups is 1. The van der Waals surface area contributed by atoms with Crippen molar-refractivity contribution in [2.45, 2.75) is 33.9 Å². The summed E-state index contributed by atoms with van der Waals surface area (Å²) in [5, 5.41) is 8.68. The highest BCUT2D eigenvalue weighted by atomic mass is 32.1. The molecular weight excluding hydrogens is 318 g/mol. The lowest BCUT2D eigenvalue weighted by Crippen LogP contribution is -2.36. The number of hydrogen-bond donors (Lipinski definition) is 2. The van der Waals surface area contributed by atoms with Crippen molar-refractivity contribution in [1.29, 1.82) is 0 Å². The van der Waals surface area contributed by atoms with Crippen molar-refractivity contribution < 1.29 is 0 Å². The summed E-state index contributed by atoms with van der Waals surface area (Å²) in [7, 11) is 0. The van der Waals surface area contributed by atoms with Crippen molar-refractivity contribution in [2.24, 2.45) is 4.99 Å². The molecule has 0 aliphatic heterocycles. The van der Waals surface area contributed by atoms with Gasteiger partial charge >= 0.3 is 0 Å². The van der Waals surface area contributed by atoms with Crippen LogP contribution >= 0.6 is 11.3 Å². The Labute approximate surface area is 146 Å². The molecule has 0 saturated carbocycles. The van der Waals surface area contributed by atoms with E-state index in [0.717, 1.165) is 23.2 Å². The van der Waals surface area contributed by atoms with E-state index in [2.05, 4.69) is 54.6 Å². The van der Waals surface area contributed by atoms with Gasteiger partial charge in [0.25, 0.3) is 0 Å². The first-order chi connectivity index (χ1) is 11.7. The van der Waals surface area contributed by atoms with E-state index in [9.17, 15) is 0 Å². The standard InChI is InChI=1S/C18H23N5S/c1-4-19-17(20-10-15-6-5-13(2)9-14(15)3)21-11-16-12-23-7-8-24-18(23)22-16/h5-9,12H,4,10-11H2,1-3H3,(H2,19,20,21). The number of imidazole rings is 1. The number of fused-ring (bicyclic) bond motifs is 1. The summed E-state index contributed by atoms with van der Waals surface area (Å²) < 4.78 is 2.04. The Morgan fingerprint density at radius 1 is 1.29 bits per heavy atom. The van der Waals surface area contributed by atoms with Gasteiger partial charge in [-0.05, 0) is 31.9 Å². The van der Waals surface area contributed by atoms with Crippen LogP contribution in [0.4, 0.5) is 0 Å². The minimum Gasteiger partial charge on any atom is -0.357 e. The van der Waals surface area contributed by atoms with Crippen LogP contribution in [0.5, 0.6) is 0 Å². The molecule has 0 aliphatic rings. The Balaban J connectivity index is 1.65. The summed E-state index contributed by atoms with van der Waals surface area (Å²) in [6.45, 7) is 8.47. The van der Waals surface area contributed by atoms with Crippen molar-refractivity contribution in [1.82, 2.24) is 20.0 Å². The van der Waals surface area contributed by atoms with Gasteiger partial charge in [-0.25, -0.2) is 9.98 Å². The molecule has 2 aromatic heterocycles. The van der Waals surface area contributed by atoms with Crippen LogP contribution in [0.1, 0.15) is 29.3 Å². The molecule has 3 aromatic rings. The van der Waals surface area contributed by atoms with E-state index in [4.69, 9.17) is 4.99 Å². The highest BCUT2D eigenvalue weighted by Crippen LogP contribution is 2.12. The number of rotatable bonds is 5. The SMILES string of the molecule is CCNC(=NCc1ccc(C)cc1C)NCc1cn2ccsc2n1. The van der Waals surface area contributed by atoms with E-state index < -0.39 is 0 Å². The highest BCUT2D eigenvalue weighted by Gasteiger charge is 2.04. The molecule has 0 spiro atoms. The molecule has 0 amide bonds. The third-order valence-corrected chi connectivity index (χ3v) is 4.60. The fraction of sp³-hybridized carbons (Fsp3) is 0.333. The molecule has 2 N–H and O–H groups in total. The number of nitrogens with zero attached hydrogens (tertiary/aromatic N) is 3. The van der Waals surface area contributed by atoms with Crippen molar-refractivity contribution in [3.63, 3.8) is 0 Å². The lowest BCUT2D eigenvalue weighted by Gasteiger charge is -2.11. The summed E-state index contributed by atoms with van der Waals surface area (Å²) in [6, 6.07) is 6.49. The number of benzene rings is 1. The molecule has 5 nitrogen and oxygen atoms in total. The first kappa shape index (κ1) is 16.5. The third kappa shape index (κ3) is 3.94. The topological polar surface area (TPSA) is 53.7 Å². The van der Waals surface area contributed by atoms with Gasteiger partial charge in [0.05, 0.1) is 18.8 Å². The van der Waals surface area contributed by atoms with Gasteiger partial charge in [-0.1, -0.05) is 23.8 Å². The van der Waals surface area contributed by atoms with Gasteiger partial charge in [-0.15, -0.1) is 11.3 Å². The maximum Gasteiger partial charge on any atom is 0.193 e. The molecule has 0 fully saturated rings. The average Bonchev–Trinajstić information content (AvgIpc) is 3.12. The van der Waals surface area contributed by atoms with Gasteiger partial charge < -0.3 is 10.6 Å². The number of thiazole rings is 1. The van der Waals surface area contributed by atoms with E-state index in [1.165, 1.54) is 16.7 Å². The van der Waals surface area contributed by atoms with Crippen LogP contribution in [-0.4, -0.2) is 21.9 Å². The second-order valence-electron chi connectivity index (χ2n) is 5.80. The van der Waals surface area contributed by atoms with Crippen molar-refractivity contribution >= 4 is 22.3 Å². The molecule has 3 rings (SSSR count). The van der Waals surface area contributed by atoms with Crippen LogP contribution < -0.4 is 10.6 Å². The van der Waals surface area contributed by atoms with Crippen molar-refractivity contribution in [3.05, 3.63) is 58.4 Å². The summed E-state index contributed by atoms with van der Waals surface area (Å²) >= 11 is 1.64. The van der Waals surface area contributed by atoms with Crippen LogP contribution in [0.2, 0.25) is 0 Å². The number of aliphatic imine (C=N–C) groups is 1. The minimum atomic E-state index is 0.660. The Hall–Kier alpha value is -2.34. The van der Waals surface area contributed by atoms with Crippen LogP contribution in [-0.2, 0) is 13.1 Å². The fourth-order valence-corrected chi connectivity index (χ4v) is 3.28. The van der Waals surface area contributed by atoms with E-state index in [1.807, 2.05) is 22.2 Å². The zero-order valence-corrected chi connectivity index (χ0v) is 15.2. The highest BCUT2D eigenvalue weighted by molar-refractivity contribution is 7.15. The summed E-state index contributed by atoms with van der Waals surface area (Å²) in [5.41, 5.74) is 4.83. The molecule has 0 unspecified atom stereocenters. The van der Waals surface area contributed by atoms with Gasteiger partial charge in [0.2, 0.25) is 0 Å². The smallest absolute Gasteiger partial charge is 0.193 e. The molecule has 0 saturated heterocycles. The minimum absolute atomic E-state index is 0.660. The van der Waals surface area contributed by atoms with E-state index >= 15 is 0 Å². The molecule has 0 bridgehead atoms. The van der Waals surface area contributed by atoms with Gasteiger partial charge in [-0.3, -0.25) is 4.40 Å².